The molecule has 130 valence electrons. The van der Waals surface area contributed by atoms with E-state index in [0.717, 1.165) is 31.5 Å². The van der Waals surface area contributed by atoms with Gasteiger partial charge in [-0.2, -0.15) is 0 Å². The SMILES string of the molecule is COC(=O)CCNC(=O)Nc1cccc(C)c1C(=O)N1CCCC1. The van der Waals surface area contributed by atoms with Crippen molar-refractivity contribution in [2.24, 2.45) is 0 Å². The summed E-state index contributed by atoms with van der Waals surface area (Å²) in [6.45, 7) is 3.51. The van der Waals surface area contributed by atoms with Crippen molar-refractivity contribution < 1.29 is 19.1 Å². The van der Waals surface area contributed by atoms with Gasteiger partial charge < -0.3 is 20.3 Å². The molecule has 1 aromatic rings. The van der Waals surface area contributed by atoms with Crippen LogP contribution in [0, 0.1) is 6.92 Å². The predicted octanol–water partition coefficient (Wildman–Crippen LogP) is 1.92. The van der Waals surface area contributed by atoms with Gasteiger partial charge in [0.1, 0.15) is 0 Å². The summed E-state index contributed by atoms with van der Waals surface area (Å²) in [7, 11) is 1.30. The number of likely N-dealkylation sites (tertiary alicyclic amines) is 1. The van der Waals surface area contributed by atoms with Crippen molar-refractivity contribution in [2.45, 2.75) is 26.2 Å². The van der Waals surface area contributed by atoms with Crippen LogP contribution in [0.3, 0.4) is 0 Å². The molecule has 1 heterocycles. The Morgan fingerprint density at radius 2 is 1.92 bits per heavy atom. The number of ether oxygens (including phenoxy) is 1. The van der Waals surface area contributed by atoms with Gasteiger partial charge in [0.25, 0.3) is 5.91 Å². The fraction of sp³-hybridized carbons (Fsp3) is 0.471. The molecule has 2 rings (SSSR count). The zero-order valence-electron chi connectivity index (χ0n) is 14.1. The molecule has 0 radical (unpaired) electrons. The number of anilines is 1. The maximum atomic E-state index is 12.7. The number of urea groups is 1. The minimum Gasteiger partial charge on any atom is -0.469 e. The fourth-order valence-electron chi connectivity index (χ4n) is 2.68. The van der Waals surface area contributed by atoms with Crippen molar-refractivity contribution in [1.82, 2.24) is 10.2 Å². The third-order valence-electron chi connectivity index (χ3n) is 3.97. The molecular weight excluding hydrogens is 310 g/mol. The van der Waals surface area contributed by atoms with Crippen LogP contribution in [-0.2, 0) is 9.53 Å². The lowest BCUT2D eigenvalue weighted by molar-refractivity contribution is -0.140. The van der Waals surface area contributed by atoms with Gasteiger partial charge in [-0.25, -0.2) is 4.79 Å². The van der Waals surface area contributed by atoms with Crippen LogP contribution < -0.4 is 10.6 Å². The first-order valence-corrected chi connectivity index (χ1v) is 8.03. The van der Waals surface area contributed by atoms with Gasteiger partial charge in [0.05, 0.1) is 24.8 Å². The molecule has 3 amide bonds. The quantitative estimate of drug-likeness (QED) is 0.806. The van der Waals surface area contributed by atoms with E-state index in [1.54, 1.807) is 12.1 Å². The molecule has 7 heteroatoms. The van der Waals surface area contributed by atoms with Crippen LogP contribution in [0.25, 0.3) is 0 Å². The van der Waals surface area contributed by atoms with Crippen molar-refractivity contribution >= 4 is 23.6 Å². The van der Waals surface area contributed by atoms with Gasteiger partial charge in [0.15, 0.2) is 0 Å². The number of nitrogens with one attached hydrogen (secondary N) is 2. The topological polar surface area (TPSA) is 87.7 Å². The molecule has 0 aromatic heterocycles. The Morgan fingerprint density at radius 3 is 2.58 bits per heavy atom. The Kier molecular flexibility index (Phi) is 6.17. The summed E-state index contributed by atoms with van der Waals surface area (Å²) < 4.78 is 4.51. The molecule has 0 spiro atoms. The molecule has 0 bridgehead atoms. The van der Waals surface area contributed by atoms with Gasteiger partial charge in [-0.1, -0.05) is 12.1 Å². The van der Waals surface area contributed by atoms with Crippen LogP contribution in [0.4, 0.5) is 10.5 Å². The number of nitrogens with zero attached hydrogens (tertiary/aromatic N) is 1. The van der Waals surface area contributed by atoms with E-state index in [0.29, 0.717) is 11.3 Å². The van der Waals surface area contributed by atoms with Gasteiger partial charge in [0.2, 0.25) is 0 Å². The van der Waals surface area contributed by atoms with Crippen LogP contribution in [0.15, 0.2) is 18.2 Å². The maximum Gasteiger partial charge on any atom is 0.319 e. The van der Waals surface area contributed by atoms with E-state index in [2.05, 4.69) is 15.4 Å². The number of aryl methyl sites for hydroxylation is 1. The van der Waals surface area contributed by atoms with E-state index in [1.807, 2.05) is 17.9 Å². The summed E-state index contributed by atoms with van der Waals surface area (Å²) in [5, 5.41) is 5.27. The summed E-state index contributed by atoms with van der Waals surface area (Å²) in [4.78, 5) is 37.5. The van der Waals surface area contributed by atoms with Crippen LogP contribution >= 0.6 is 0 Å². The van der Waals surface area contributed by atoms with E-state index >= 15 is 0 Å². The molecule has 2 N–H and O–H groups in total. The molecule has 7 nitrogen and oxygen atoms in total. The monoisotopic (exact) mass is 333 g/mol. The van der Waals surface area contributed by atoms with Crippen LogP contribution in [0.2, 0.25) is 0 Å². The second-order valence-electron chi connectivity index (χ2n) is 5.70. The number of esters is 1. The van der Waals surface area contributed by atoms with Gasteiger partial charge in [-0.15, -0.1) is 0 Å². The zero-order valence-corrected chi connectivity index (χ0v) is 14.1. The number of hydrogen-bond acceptors (Lipinski definition) is 4. The number of carbonyl (C=O) groups excluding carboxylic acids is 3. The average molecular weight is 333 g/mol. The lowest BCUT2D eigenvalue weighted by Crippen LogP contribution is -2.33. The van der Waals surface area contributed by atoms with E-state index in [-0.39, 0.29) is 18.9 Å². The maximum absolute atomic E-state index is 12.7. The van der Waals surface area contributed by atoms with E-state index in [9.17, 15) is 14.4 Å². The first kappa shape index (κ1) is 17.8. The van der Waals surface area contributed by atoms with E-state index in [1.165, 1.54) is 7.11 Å². The lowest BCUT2D eigenvalue weighted by Gasteiger charge is -2.19. The zero-order chi connectivity index (χ0) is 17.5. The third kappa shape index (κ3) is 4.47. The van der Waals surface area contributed by atoms with Gasteiger partial charge in [-0.05, 0) is 31.4 Å². The Balaban J connectivity index is 2.04. The number of hydrogen-bond donors (Lipinski definition) is 2. The molecule has 0 aliphatic carbocycles. The fourth-order valence-corrected chi connectivity index (χ4v) is 2.68. The smallest absolute Gasteiger partial charge is 0.319 e. The van der Waals surface area contributed by atoms with Gasteiger partial charge in [-0.3, -0.25) is 9.59 Å². The normalized spacial score (nSPS) is 13.5. The van der Waals surface area contributed by atoms with E-state index < -0.39 is 12.0 Å². The molecular formula is C17H23N3O4. The summed E-state index contributed by atoms with van der Waals surface area (Å²) in [5.74, 6) is -0.453. The molecule has 0 atom stereocenters. The minimum atomic E-state index is -0.458. The summed E-state index contributed by atoms with van der Waals surface area (Å²) in [5.41, 5.74) is 1.81. The molecule has 1 aliphatic heterocycles. The van der Waals surface area contributed by atoms with Crippen molar-refractivity contribution in [2.75, 3.05) is 32.1 Å². The molecule has 0 unspecified atom stereocenters. The highest BCUT2D eigenvalue weighted by Gasteiger charge is 2.24. The molecule has 0 saturated carbocycles. The standard InChI is InChI=1S/C17H23N3O4/c1-12-6-5-7-13(15(12)16(22)20-10-3-4-11-20)19-17(23)18-9-8-14(21)24-2/h5-7H,3-4,8-11H2,1-2H3,(H2,18,19,23). The van der Waals surface area contributed by atoms with Crippen LogP contribution in [0.1, 0.15) is 35.2 Å². The highest BCUT2D eigenvalue weighted by atomic mass is 16.5. The first-order chi connectivity index (χ1) is 11.5. The Labute approximate surface area is 141 Å². The van der Waals surface area contributed by atoms with Crippen molar-refractivity contribution in [3.8, 4) is 0 Å². The van der Waals surface area contributed by atoms with Crippen LogP contribution in [0.5, 0.6) is 0 Å². The molecule has 1 saturated heterocycles. The first-order valence-electron chi connectivity index (χ1n) is 8.03. The Morgan fingerprint density at radius 1 is 1.21 bits per heavy atom. The third-order valence-corrected chi connectivity index (χ3v) is 3.97. The van der Waals surface area contributed by atoms with Gasteiger partial charge in [0, 0.05) is 19.6 Å². The van der Waals surface area contributed by atoms with E-state index in [4.69, 9.17) is 0 Å². The van der Waals surface area contributed by atoms with Gasteiger partial charge >= 0.3 is 12.0 Å². The lowest BCUT2D eigenvalue weighted by atomic mass is 10.1. The number of rotatable bonds is 5. The summed E-state index contributed by atoms with van der Waals surface area (Å²) in [6, 6.07) is 4.89. The minimum absolute atomic E-state index is 0.0598. The molecule has 1 aliphatic rings. The predicted molar refractivity (Wildman–Crippen MR) is 90.0 cm³/mol. The average Bonchev–Trinajstić information content (AvgIpc) is 3.08. The van der Waals surface area contributed by atoms with Crippen molar-refractivity contribution in [3.63, 3.8) is 0 Å². The second kappa shape index (κ2) is 8.33. The number of benzene rings is 1. The molecule has 1 fully saturated rings. The Bertz CT molecular complexity index is 624. The second-order valence-corrected chi connectivity index (χ2v) is 5.70. The highest BCUT2D eigenvalue weighted by Crippen LogP contribution is 2.23. The largest absolute Gasteiger partial charge is 0.469 e. The number of amides is 3. The Hall–Kier alpha value is -2.57. The number of carbonyl (C=O) groups is 3. The molecule has 24 heavy (non-hydrogen) atoms. The molecule has 1 aromatic carbocycles. The number of methoxy groups -OCH3 is 1. The van der Waals surface area contributed by atoms with Crippen molar-refractivity contribution in [1.29, 1.82) is 0 Å². The summed E-state index contributed by atoms with van der Waals surface area (Å²) in [6.07, 6.45) is 2.11. The summed E-state index contributed by atoms with van der Waals surface area (Å²) >= 11 is 0. The van der Waals surface area contributed by atoms with Crippen molar-refractivity contribution in [3.05, 3.63) is 29.3 Å². The van der Waals surface area contributed by atoms with Crippen LogP contribution in [-0.4, -0.2) is 49.6 Å². The highest BCUT2D eigenvalue weighted by molar-refractivity contribution is 6.04.